The minimum absolute atomic E-state index is 0.549. The van der Waals surface area contributed by atoms with Crippen LogP contribution in [0.2, 0.25) is 5.02 Å². The number of nitrogens with zero attached hydrogens (tertiary/aromatic N) is 2. The number of hydrogen-bond acceptors (Lipinski definition) is 5. The van der Waals surface area contributed by atoms with E-state index in [0.717, 1.165) is 27.3 Å². The third kappa shape index (κ3) is 3.23. The average Bonchev–Trinajstić information content (AvgIpc) is 3.03. The van der Waals surface area contributed by atoms with E-state index in [9.17, 15) is 0 Å². The van der Waals surface area contributed by atoms with Crippen molar-refractivity contribution in [2.75, 3.05) is 12.4 Å². The third-order valence-corrected chi connectivity index (χ3v) is 5.20. The van der Waals surface area contributed by atoms with Gasteiger partial charge in [-0.3, -0.25) is 0 Å². The van der Waals surface area contributed by atoms with E-state index in [1.807, 2.05) is 48.5 Å². The van der Waals surface area contributed by atoms with Crippen LogP contribution in [-0.4, -0.2) is 17.1 Å². The van der Waals surface area contributed by atoms with E-state index in [2.05, 4.69) is 18.3 Å². The van der Waals surface area contributed by atoms with E-state index in [0.29, 0.717) is 16.6 Å². The molecule has 0 saturated heterocycles. The Hall–Kier alpha value is -2.63. The largest absolute Gasteiger partial charge is 0.495 e. The fourth-order valence-electron chi connectivity index (χ4n) is 2.73. The predicted octanol–water partition coefficient (Wildman–Crippen LogP) is 6.07. The SMILES string of the molecule is COc1ccc(Nc2nc(-c3ccccc3)nc3sc(C)cc23)cc1Cl. The average molecular weight is 382 g/mol. The van der Waals surface area contributed by atoms with Crippen LogP contribution in [0.4, 0.5) is 11.5 Å². The summed E-state index contributed by atoms with van der Waals surface area (Å²) < 4.78 is 5.22. The summed E-state index contributed by atoms with van der Waals surface area (Å²) in [5, 5.41) is 4.93. The van der Waals surface area contributed by atoms with Gasteiger partial charge in [0.1, 0.15) is 16.4 Å². The molecule has 2 heterocycles. The molecule has 0 atom stereocenters. The molecule has 2 aromatic carbocycles. The number of anilines is 2. The number of aryl methyl sites for hydroxylation is 1. The van der Waals surface area contributed by atoms with Crippen molar-refractivity contribution < 1.29 is 4.74 Å². The molecule has 0 aliphatic carbocycles. The van der Waals surface area contributed by atoms with Gasteiger partial charge in [-0.05, 0) is 31.2 Å². The maximum Gasteiger partial charge on any atom is 0.163 e. The minimum atomic E-state index is 0.549. The van der Waals surface area contributed by atoms with Gasteiger partial charge in [0.05, 0.1) is 17.5 Å². The van der Waals surface area contributed by atoms with Crippen LogP contribution in [-0.2, 0) is 0 Å². The number of ether oxygens (including phenoxy) is 1. The monoisotopic (exact) mass is 381 g/mol. The van der Waals surface area contributed by atoms with Gasteiger partial charge in [0, 0.05) is 16.1 Å². The summed E-state index contributed by atoms with van der Waals surface area (Å²) in [6.45, 7) is 2.07. The van der Waals surface area contributed by atoms with Gasteiger partial charge in [-0.15, -0.1) is 11.3 Å². The minimum Gasteiger partial charge on any atom is -0.495 e. The molecule has 1 N–H and O–H groups in total. The molecule has 0 radical (unpaired) electrons. The zero-order valence-electron chi connectivity index (χ0n) is 14.3. The molecular weight excluding hydrogens is 366 g/mol. The van der Waals surface area contributed by atoms with Crippen LogP contribution >= 0.6 is 22.9 Å². The molecule has 0 aliphatic rings. The highest BCUT2D eigenvalue weighted by Gasteiger charge is 2.13. The fraction of sp³-hybridized carbons (Fsp3) is 0.100. The number of hydrogen-bond donors (Lipinski definition) is 1. The first-order valence-electron chi connectivity index (χ1n) is 8.08. The molecule has 6 heteroatoms. The van der Waals surface area contributed by atoms with E-state index in [1.54, 1.807) is 18.4 Å². The standard InChI is InChI=1S/C20H16ClN3OS/c1-12-10-15-19(22-14-8-9-17(25-2)16(21)11-14)23-18(24-20(15)26-12)13-6-4-3-5-7-13/h3-11H,1-2H3,(H,22,23,24). The molecule has 26 heavy (non-hydrogen) atoms. The molecule has 0 fully saturated rings. The van der Waals surface area contributed by atoms with Crippen molar-refractivity contribution in [3.63, 3.8) is 0 Å². The summed E-state index contributed by atoms with van der Waals surface area (Å²) in [4.78, 5) is 11.6. The van der Waals surface area contributed by atoms with Crippen molar-refractivity contribution in [3.05, 3.63) is 64.5 Å². The molecule has 4 aromatic rings. The Morgan fingerprint density at radius 2 is 1.85 bits per heavy atom. The van der Waals surface area contributed by atoms with Gasteiger partial charge in [-0.25, -0.2) is 9.97 Å². The Morgan fingerprint density at radius 3 is 2.58 bits per heavy atom. The van der Waals surface area contributed by atoms with Crippen molar-refractivity contribution in [1.82, 2.24) is 9.97 Å². The van der Waals surface area contributed by atoms with E-state index in [-0.39, 0.29) is 0 Å². The van der Waals surface area contributed by atoms with Crippen molar-refractivity contribution in [2.24, 2.45) is 0 Å². The Bertz CT molecular complexity index is 1080. The highest BCUT2D eigenvalue weighted by atomic mass is 35.5. The first-order chi connectivity index (χ1) is 12.6. The van der Waals surface area contributed by atoms with Crippen LogP contribution in [0.25, 0.3) is 21.6 Å². The normalized spacial score (nSPS) is 10.9. The van der Waals surface area contributed by atoms with Crippen LogP contribution in [0.3, 0.4) is 0 Å². The molecule has 0 saturated carbocycles. The number of rotatable bonds is 4. The summed E-state index contributed by atoms with van der Waals surface area (Å²) in [5.41, 5.74) is 1.83. The zero-order chi connectivity index (χ0) is 18.1. The summed E-state index contributed by atoms with van der Waals surface area (Å²) in [7, 11) is 1.60. The fourth-order valence-corrected chi connectivity index (χ4v) is 3.87. The number of thiophene rings is 1. The lowest BCUT2D eigenvalue weighted by Crippen LogP contribution is -1.98. The third-order valence-electron chi connectivity index (χ3n) is 3.96. The Morgan fingerprint density at radius 1 is 1.04 bits per heavy atom. The number of nitrogens with one attached hydrogen (secondary N) is 1. The van der Waals surface area contributed by atoms with Gasteiger partial charge in [0.15, 0.2) is 5.82 Å². The van der Waals surface area contributed by atoms with E-state index in [1.165, 1.54) is 4.88 Å². The van der Waals surface area contributed by atoms with Crippen molar-refractivity contribution in [3.8, 4) is 17.1 Å². The number of halogens is 1. The number of benzene rings is 2. The first-order valence-corrected chi connectivity index (χ1v) is 9.27. The van der Waals surface area contributed by atoms with Crippen LogP contribution in [0, 0.1) is 6.92 Å². The molecule has 4 nitrogen and oxygen atoms in total. The molecule has 0 amide bonds. The zero-order valence-corrected chi connectivity index (χ0v) is 15.9. The van der Waals surface area contributed by atoms with Gasteiger partial charge < -0.3 is 10.1 Å². The van der Waals surface area contributed by atoms with Gasteiger partial charge in [-0.2, -0.15) is 0 Å². The van der Waals surface area contributed by atoms with Crippen LogP contribution in [0.15, 0.2) is 54.6 Å². The number of aromatic nitrogens is 2. The lowest BCUT2D eigenvalue weighted by molar-refractivity contribution is 0.415. The summed E-state index contributed by atoms with van der Waals surface area (Å²) in [6.07, 6.45) is 0. The van der Waals surface area contributed by atoms with Gasteiger partial charge in [0.25, 0.3) is 0 Å². The first kappa shape index (κ1) is 16.8. The van der Waals surface area contributed by atoms with Gasteiger partial charge >= 0.3 is 0 Å². The second kappa shape index (κ2) is 6.94. The molecule has 0 spiro atoms. The van der Waals surface area contributed by atoms with Gasteiger partial charge in [0.2, 0.25) is 0 Å². The summed E-state index contributed by atoms with van der Waals surface area (Å²) in [6, 6.07) is 17.6. The highest BCUT2D eigenvalue weighted by Crippen LogP contribution is 2.34. The molecule has 2 aromatic heterocycles. The predicted molar refractivity (Wildman–Crippen MR) is 109 cm³/mol. The molecule has 0 aliphatic heterocycles. The number of fused-ring (bicyclic) bond motifs is 1. The highest BCUT2D eigenvalue weighted by molar-refractivity contribution is 7.18. The van der Waals surface area contributed by atoms with E-state index >= 15 is 0 Å². The van der Waals surface area contributed by atoms with Crippen molar-refractivity contribution in [2.45, 2.75) is 6.92 Å². The Balaban J connectivity index is 1.81. The van der Waals surface area contributed by atoms with Crippen LogP contribution < -0.4 is 10.1 Å². The Labute approximate surface area is 160 Å². The lowest BCUT2D eigenvalue weighted by atomic mass is 10.2. The van der Waals surface area contributed by atoms with E-state index < -0.39 is 0 Å². The van der Waals surface area contributed by atoms with Crippen molar-refractivity contribution in [1.29, 1.82) is 0 Å². The molecular formula is C20H16ClN3OS. The summed E-state index contributed by atoms with van der Waals surface area (Å²) >= 11 is 7.91. The van der Waals surface area contributed by atoms with Gasteiger partial charge in [-0.1, -0.05) is 41.9 Å². The smallest absolute Gasteiger partial charge is 0.163 e. The molecule has 4 rings (SSSR count). The maximum atomic E-state index is 6.25. The number of methoxy groups -OCH3 is 1. The Kier molecular flexibility index (Phi) is 4.49. The molecule has 130 valence electrons. The molecule has 0 bridgehead atoms. The second-order valence-electron chi connectivity index (χ2n) is 5.81. The van der Waals surface area contributed by atoms with Crippen LogP contribution in [0.1, 0.15) is 4.88 Å². The summed E-state index contributed by atoms with van der Waals surface area (Å²) in [5.74, 6) is 2.10. The maximum absolute atomic E-state index is 6.25. The van der Waals surface area contributed by atoms with E-state index in [4.69, 9.17) is 26.3 Å². The topological polar surface area (TPSA) is 47.0 Å². The quantitative estimate of drug-likeness (QED) is 0.466. The van der Waals surface area contributed by atoms with Crippen molar-refractivity contribution >= 4 is 44.7 Å². The lowest BCUT2D eigenvalue weighted by Gasteiger charge is -2.11. The molecule has 0 unspecified atom stereocenters. The van der Waals surface area contributed by atoms with Crippen LogP contribution in [0.5, 0.6) is 5.75 Å². The second-order valence-corrected chi connectivity index (χ2v) is 7.45.